The van der Waals surface area contributed by atoms with Crippen LogP contribution in [0.5, 0.6) is 0 Å². The number of hydrogen-bond donors (Lipinski definition) is 2. The number of nitrogens with one attached hydrogen (secondary N) is 1. The number of amides is 1. The van der Waals surface area contributed by atoms with Crippen molar-refractivity contribution in [1.29, 1.82) is 0 Å². The molecule has 2 aromatic rings. The molecule has 1 aliphatic carbocycles. The van der Waals surface area contributed by atoms with E-state index in [0.717, 1.165) is 31.1 Å². The van der Waals surface area contributed by atoms with Crippen LogP contribution in [0.15, 0.2) is 39.5 Å². The van der Waals surface area contributed by atoms with Gasteiger partial charge in [-0.2, -0.15) is 0 Å². The maximum absolute atomic E-state index is 12.3. The molecule has 2 atom stereocenters. The molecule has 22 heavy (non-hydrogen) atoms. The molecule has 1 aromatic heterocycles. The molecule has 0 bridgehead atoms. The number of fused-ring (bicyclic) bond motifs is 1. The minimum absolute atomic E-state index is 0. The van der Waals surface area contributed by atoms with Crippen LogP contribution in [-0.4, -0.2) is 11.9 Å². The van der Waals surface area contributed by atoms with Crippen LogP contribution in [0.2, 0.25) is 0 Å². The second-order valence-corrected chi connectivity index (χ2v) is 5.62. The fourth-order valence-electron chi connectivity index (χ4n) is 2.86. The number of benzene rings is 1. The topological polar surface area (TPSA) is 85.3 Å². The van der Waals surface area contributed by atoms with Crippen molar-refractivity contribution in [3.05, 3.63) is 40.8 Å². The molecular weight excluding hydrogens is 304 g/mol. The molecule has 3 rings (SSSR count). The molecule has 1 heterocycles. The summed E-state index contributed by atoms with van der Waals surface area (Å²) in [6.07, 6.45) is 3.64. The minimum atomic E-state index is -0.379. The zero-order valence-electron chi connectivity index (χ0n) is 12.1. The zero-order chi connectivity index (χ0) is 14.8. The summed E-state index contributed by atoms with van der Waals surface area (Å²) in [4.78, 5) is 23.4. The second kappa shape index (κ2) is 6.94. The maximum Gasteiger partial charge on any atom is 0.336 e. The van der Waals surface area contributed by atoms with Crippen LogP contribution in [-0.2, 0) is 4.79 Å². The first kappa shape index (κ1) is 16.5. The van der Waals surface area contributed by atoms with Crippen molar-refractivity contribution >= 4 is 35.0 Å². The Kier molecular flexibility index (Phi) is 5.21. The smallest absolute Gasteiger partial charge is 0.336 e. The highest BCUT2D eigenvalue weighted by atomic mass is 35.5. The van der Waals surface area contributed by atoms with Gasteiger partial charge in [-0.1, -0.05) is 6.42 Å². The van der Waals surface area contributed by atoms with E-state index in [9.17, 15) is 9.59 Å². The van der Waals surface area contributed by atoms with Crippen LogP contribution in [0, 0.1) is 5.92 Å². The zero-order valence-corrected chi connectivity index (χ0v) is 12.9. The van der Waals surface area contributed by atoms with Crippen molar-refractivity contribution in [1.82, 2.24) is 0 Å². The van der Waals surface area contributed by atoms with Crippen LogP contribution < -0.4 is 16.7 Å². The molecule has 0 spiro atoms. The molecule has 0 radical (unpaired) electrons. The third-order valence-corrected chi connectivity index (χ3v) is 3.97. The predicted octanol–water partition coefficient (Wildman–Crippen LogP) is 2.67. The molecule has 118 valence electrons. The number of carbonyl (C=O) groups is 1. The van der Waals surface area contributed by atoms with Crippen molar-refractivity contribution in [3.8, 4) is 0 Å². The highest BCUT2D eigenvalue weighted by molar-refractivity contribution is 5.94. The van der Waals surface area contributed by atoms with Gasteiger partial charge in [0.05, 0.1) is 0 Å². The van der Waals surface area contributed by atoms with Gasteiger partial charge in [0, 0.05) is 29.1 Å². The quantitative estimate of drug-likeness (QED) is 0.832. The van der Waals surface area contributed by atoms with Crippen LogP contribution in [0.4, 0.5) is 5.69 Å². The van der Waals surface area contributed by atoms with Gasteiger partial charge >= 0.3 is 5.63 Å². The van der Waals surface area contributed by atoms with E-state index in [0.29, 0.717) is 11.3 Å². The molecule has 1 saturated carbocycles. The fourth-order valence-corrected chi connectivity index (χ4v) is 2.86. The Bertz CT molecular complexity index is 729. The average Bonchev–Trinajstić information content (AvgIpc) is 2.47. The van der Waals surface area contributed by atoms with E-state index in [1.54, 1.807) is 24.3 Å². The third kappa shape index (κ3) is 3.67. The molecular formula is C16H19ClN2O3. The standard InChI is InChI=1S/C16H18N2O3.ClH/c17-12-3-1-2-11(8-12)16(20)18-13-5-6-14-10(9-13)4-7-15(19)21-14;/h4-7,9,11-12H,1-3,8,17H2,(H,18,20);1H. The lowest BCUT2D eigenvalue weighted by Crippen LogP contribution is -2.34. The fraction of sp³-hybridized carbons (Fsp3) is 0.375. The first-order valence-electron chi connectivity index (χ1n) is 7.22. The maximum atomic E-state index is 12.3. The lowest BCUT2D eigenvalue weighted by Gasteiger charge is -2.25. The Balaban J connectivity index is 0.00000176. The summed E-state index contributed by atoms with van der Waals surface area (Å²) in [5, 5.41) is 3.71. The summed E-state index contributed by atoms with van der Waals surface area (Å²) >= 11 is 0. The third-order valence-electron chi connectivity index (χ3n) is 3.97. The first-order valence-corrected chi connectivity index (χ1v) is 7.22. The van der Waals surface area contributed by atoms with Crippen molar-refractivity contribution in [2.75, 3.05) is 5.32 Å². The first-order chi connectivity index (χ1) is 10.1. The Hall–Kier alpha value is -1.85. The number of halogens is 1. The molecule has 6 heteroatoms. The van der Waals surface area contributed by atoms with Crippen LogP contribution >= 0.6 is 12.4 Å². The normalized spacial score (nSPS) is 21.1. The van der Waals surface area contributed by atoms with Crippen molar-refractivity contribution in [2.45, 2.75) is 31.7 Å². The number of nitrogens with two attached hydrogens (primary N) is 1. The van der Waals surface area contributed by atoms with Gasteiger partial charge in [0.15, 0.2) is 0 Å². The predicted molar refractivity (Wildman–Crippen MR) is 88.3 cm³/mol. The largest absolute Gasteiger partial charge is 0.423 e. The van der Waals surface area contributed by atoms with Gasteiger partial charge in [0.2, 0.25) is 5.91 Å². The van der Waals surface area contributed by atoms with Gasteiger partial charge in [0.1, 0.15) is 5.58 Å². The summed E-state index contributed by atoms with van der Waals surface area (Å²) in [5.41, 5.74) is 6.77. The Labute approximate surface area is 134 Å². The molecule has 3 N–H and O–H groups in total. The van der Waals surface area contributed by atoms with E-state index in [1.807, 2.05) is 0 Å². The summed E-state index contributed by atoms with van der Waals surface area (Å²) < 4.78 is 5.07. The average molecular weight is 323 g/mol. The van der Waals surface area contributed by atoms with Gasteiger partial charge in [0.25, 0.3) is 0 Å². The van der Waals surface area contributed by atoms with Gasteiger partial charge in [-0.05, 0) is 43.5 Å². The lowest BCUT2D eigenvalue weighted by atomic mass is 9.85. The number of hydrogen-bond acceptors (Lipinski definition) is 4. The molecule has 1 fully saturated rings. The molecule has 0 aliphatic heterocycles. The highest BCUT2D eigenvalue weighted by Gasteiger charge is 2.25. The van der Waals surface area contributed by atoms with Crippen molar-refractivity contribution in [3.63, 3.8) is 0 Å². The van der Waals surface area contributed by atoms with E-state index < -0.39 is 0 Å². The second-order valence-electron chi connectivity index (χ2n) is 5.62. The Morgan fingerprint density at radius 2 is 2.05 bits per heavy atom. The van der Waals surface area contributed by atoms with E-state index in [4.69, 9.17) is 10.2 Å². The highest BCUT2D eigenvalue weighted by Crippen LogP contribution is 2.25. The number of rotatable bonds is 2. The lowest BCUT2D eigenvalue weighted by molar-refractivity contribution is -0.120. The van der Waals surface area contributed by atoms with E-state index in [-0.39, 0.29) is 35.9 Å². The summed E-state index contributed by atoms with van der Waals surface area (Å²) in [7, 11) is 0. The Morgan fingerprint density at radius 3 is 2.82 bits per heavy atom. The summed E-state index contributed by atoms with van der Waals surface area (Å²) in [6.45, 7) is 0. The molecule has 0 saturated heterocycles. The summed E-state index contributed by atoms with van der Waals surface area (Å²) in [5.74, 6) is 0.0000334. The summed E-state index contributed by atoms with van der Waals surface area (Å²) in [6, 6.07) is 8.42. The monoisotopic (exact) mass is 322 g/mol. The molecule has 2 unspecified atom stereocenters. The Morgan fingerprint density at radius 1 is 1.23 bits per heavy atom. The van der Waals surface area contributed by atoms with Crippen LogP contribution in [0.25, 0.3) is 11.0 Å². The molecule has 5 nitrogen and oxygen atoms in total. The van der Waals surface area contributed by atoms with E-state index in [2.05, 4.69) is 5.32 Å². The van der Waals surface area contributed by atoms with E-state index >= 15 is 0 Å². The molecule has 1 aromatic carbocycles. The van der Waals surface area contributed by atoms with Gasteiger partial charge < -0.3 is 15.5 Å². The van der Waals surface area contributed by atoms with Gasteiger partial charge in [-0.15, -0.1) is 12.4 Å². The van der Waals surface area contributed by atoms with Crippen molar-refractivity contribution in [2.24, 2.45) is 11.7 Å². The van der Waals surface area contributed by atoms with Gasteiger partial charge in [-0.3, -0.25) is 4.79 Å². The van der Waals surface area contributed by atoms with Crippen LogP contribution in [0.1, 0.15) is 25.7 Å². The molecule has 1 amide bonds. The number of carbonyl (C=O) groups excluding carboxylic acids is 1. The van der Waals surface area contributed by atoms with Gasteiger partial charge in [-0.25, -0.2) is 4.79 Å². The van der Waals surface area contributed by atoms with E-state index in [1.165, 1.54) is 6.07 Å². The van der Waals surface area contributed by atoms with Crippen LogP contribution in [0.3, 0.4) is 0 Å². The number of anilines is 1. The van der Waals surface area contributed by atoms with Crippen molar-refractivity contribution < 1.29 is 9.21 Å². The molecule has 1 aliphatic rings. The SMILES string of the molecule is Cl.NC1CCCC(C(=O)Nc2ccc3oc(=O)ccc3c2)C1. The minimum Gasteiger partial charge on any atom is -0.423 e.